The number of aryl methyl sites for hydroxylation is 1. The van der Waals surface area contributed by atoms with E-state index >= 15 is 0 Å². The first-order valence-electron chi connectivity index (χ1n) is 10.7. The predicted molar refractivity (Wildman–Crippen MR) is 120 cm³/mol. The molecular formula is C23H24N8O. The number of nitrogens with zero attached hydrogens (tertiary/aromatic N) is 7. The van der Waals surface area contributed by atoms with Crippen LogP contribution in [0.3, 0.4) is 0 Å². The fraction of sp³-hybridized carbons (Fsp3) is 0.304. The molecule has 4 aromatic rings. The van der Waals surface area contributed by atoms with E-state index in [0.717, 1.165) is 17.1 Å². The average Bonchev–Trinajstić information content (AvgIpc) is 3.29. The van der Waals surface area contributed by atoms with E-state index in [9.17, 15) is 4.79 Å². The summed E-state index contributed by atoms with van der Waals surface area (Å²) in [5.41, 5.74) is 3.68. The number of carbonyl (C=O) groups excluding carboxylic acids is 1. The summed E-state index contributed by atoms with van der Waals surface area (Å²) in [7, 11) is 0. The lowest BCUT2D eigenvalue weighted by Crippen LogP contribution is -2.16. The van der Waals surface area contributed by atoms with Crippen LogP contribution in [0.25, 0.3) is 17.2 Å². The van der Waals surface area contributed by atoms with Gasteiger partial charge in [-0.1, -0.05) is 6.07 Å². The molecule has 0 saturated heterocycles. The largest absolute Gasteiger partial charge is 0.310 e. The van der Waals surface area contributed by atoms with Crippen molar-refractivity contribution in [2.75, 3.05) is 5.32 Å². The number of amides is 1. The second-order valence-corrected chi connectivity index (χ2v) is 8.35. The quantitative estimate of drug-likeness (QED) is 0.499. The monoisotopic (exact) mass is 428 g/mol. The maximum atomic E-state index is 12.9. The van der Waals surface area contributed by atoms with Crippen LogP contribution < -0.4 is 5.32 Å². The Kier molecular flexibility index (Phi) is 5.01. The lowest BCUT2D eigenvalue weighted by molar-refractivity contribution is 0.102. The Balaban J connectivity index is 1.39. The third kappa shape index (κ3) is 4.01. The average molecular weight is 429 g/mol. The maximum Gasteiger partial charge on any atom is 0.275 e. The molecule has 0 unspecified atom stereocenters. The minimum atomic E-state index is -0.337. The standard InChI is InChI=1S/C23H24N8O/c1-14(2)31-13-25-29-22(31)18-5-4-6-19(27-18)23(32)28-21-10-17(9-15(3)26-21)30-11-20(24-12-30)16-7-8-16/h4-6,9-14,16H,7-8H2,1-3H3,(H,26,28,32). The van der Waals surface area contributed by atoms with E-state index in [2.05, 4.69) is 30.5 Å². The highest BCUT2D eigenvalue weighted by Crippen LogP contribution is 2.39. The molecular weight excluding hydrogens is 404 g/mol. The van der Waals surface area contributed by atoms with E-state index in [1.54, 1.807) is 18.5 Å². The lowest BCUT2D eigenvalue weighted by atomic mass is 10.2. The molecule has 1 N–H and O–H groups in total. The Morgan fingerprint density at radius 2 is 2.00 bits per heavy atom. The first-order chi connectivity index (χ1) is 15.5. The summed E-state index contributed by atoms with van der Waals surface area (Å²) in [5.74, 6) is 1.33. The minimum Gasteiger partial charge on any atom is -0.310 e. The Labute approximate surface area is 185 Å². The third-order valence-electron chi connectivity index (χ3n) is 5.42. The molecule has 0 aromatic carbocycles. The molecule has 1 amide bonds. The molecule has 5 rings (SSSR count). The molecule has 1 aliphatic carbocycles. The van der Waals surface area contributed by atoms with E-state index in [1.807, 2.05) is 60.6 Å². The molecule has 0 aliphatic heterocycles. The summed E-state index contributed by atoms with van der Waals surface area (Å²) in [4.78, 5) is 26.4. The van der Waals surface area contributed by atoms with Crippen LogP contribution >= 0.6 is 0 Å². The number of aromatic nitrogens is 7. The minimum absolute atomic E-state index is 0.179. The van der Waals surface area contributed by atoms with Crippen molar-refractivity contribution in [1.29, 1.82) is 0 Å². The third-order valence-corrected chi connectivity index (χ3v) is 5.42. The molecule has 0 spiro atoms. The predicted octanol–water partition coefficient (Wildman–Crippen LogP) is 3.94. The van der Waals surface area contributed by atoms with Crippen molar-refractivity contribution in [1.82, 2.24) is 34.3 Å². The van der Waals surface area contributed by atoms with Crippen molar-refractivity contribution >= 4 is 11.7 Å². The van der Waals surface area contributed by atoms with Crippen molar-refractivity contribution in [3.8, 4) is 17.2 Å². The van der Waals surface area contributed by atoms with Crippen molar-refractivity contribution in [2.24, 2.45) is 0 Å². The number of rotatable bonds is 6. The smallest absolute Gasteiger partial charge is 0.275 e. The van der Waals surface area contributed by atoms with Gasteiger partial charge in [-0.2, -0.15) is 0 Å². The normalized spacial score (nSPS) is 13.5. The molecule has 162 valence electrons. The van der Waals surface area contributed by atoms with Crippen molar-refractivity contribution in [3.05, 3.63) is 66.3 Å². The number of hydrogen-bond donors (Lipinski definition) is 1. The van der Waals surface area contributed by atoms with Gasteiger partial charge in [0.1, 0.15) is 23.5 Å². The van der Waals surface area contributed by atoms with Crippen molar-refractivity contribution < 1.29 is 4.79 Å². The van der Waals surface area contributed by atoms with Crippen LogP contribution in [-0.4, -0.2) is 40.2 Å². The van der Waals surface area contributed by atoms with Crippen LogP contribution in [0.15, 0.2) is 49.2 Å². The van der Waals surface area contributed by atoms with Crippen LogP contribution in [0.2, 0.25) is 0 Å². The van der Waals surface area contributed by atoms with E-state index in [0.29, 0.717) is 23.3 Å². The van der Waals surface area contributed by atoms with Gasteiger partial charge in [-0.15, -0.1) is 10.2 Å². The van der Waals surface area contributed by atoms with Gasteiger partial charge in [-0.25, -0.2) is 15.0 Å². The van der Waals surface area contributed by atoms with Crippen LogP contribution in [0.4, 0.5) is 5.82 Å². The molecule has 32 heavy (non-hydrogen) atoms. The highest BCUT2D eigenvalue weighted by Gasteiger charge is 2.26. The lowest BCUT2D eigenvalue weighted by Gasteiger charge is -2.11. The van der Waals surface area contributed by atoms with Gasteiger partial charge in [0.05, 0.1) is 17.7 Å². The van der Waals surface area contributed by atoms with Crippen LogP contribution in [0, 0.1) is 6.92 Å². The topological polar surface area (TPSA) is 103 Å². The summed E-state index contributed by atoms with van der Waals surface area (Å²) >= 11 is 0. The van der Waals surface area contributed by atoms with Gasteiger partial charge in [0.25, 0.3) is 5.91 Å². The van der Waals surface area contributed by atoms with Gasteiger partial charge in [0.2, 0.25) is 0 Å². The second kappa shape index (κ2) is 7.99. The summed E-state index contributed by atoms with van der Waals surface area (Å²) in [6.45, 7) is 5.98. The molecule has 1 saturated carbocycles. The number of imidazole rings is 1. The number of anilines is 1. The summed E-state index contributed by atoms with van der Waals surface area (Å²) in [5, 5.41) is 11.0. The SMILES string of the molecule is Cc1cc(-n2cnc(C3CC3)c2)cc(NC(=O)c2cccc(-c3nncn3C(C)C)n2)n1. The number of carbonyl (C=O) groups is 1. The van der Waals surface area contributed by atoms with Gasteiger partial charge in [0, 0.05) is 29.9 Å². The Morgan fingerprint density at radius 1 is 1.16 bits per heavy atom. The molecule has 0 bridgehead atoms. The zero-order valence-electron chi connectivity index (χ0n) is 18.2. The molecule has 4 aromatic heterocycles. The maximum absolute atomic E-state index is 12.9. The van der Waals surface area contributed by atoms with E-state index in [4.69, 9.17) is 0 Å². The van der Waals surface area contributed by atoms with Crippen LogP contribution in [-0.2, 0) is 0 Å². The van der Waals surface area contributed by atoms with Crippen molar-refractivity contribution in [3.63, 3.8) is 0 Å². The van der Waals surface area contributed by atoms with Crippen LogP contribution in [0.1, 0.15) is 60.5 Å². The zero-order valence-corrected chi connectivity index (χ0v) is 18.2. The number of hydrogen-bond acceptors (Lipinski definition) is 6. The number of pyridine rings is 2. The fourth-order valence-electron chi connectivity index (χ4n) is 3.60. The summed E-state index contributed by atoms with van der Waals surface area (Å²) < 4.78 is 3.88. The zero-order chi connectivity index (χ0) is 22.2. The van der Waals surface area contributed by atoms with Crippen LogP contribution in [0.5, 0.6) is 0 Å². The molecule has 9 nitrogen and oxygen atoms in total. The molecule has 0 radical (unpaired) electrons. The van der Waals surface area contributed by atoms with E-state index in [1.165, 1.54) is 12.8 Å². The molecule has 1 fully saturated rings. The van der Waals surface area contributed by atoms with E-state index in [-0.39, 0.29) is 17.6 Å². The van der Waals surface area contributed by atoms with Gasteiger partial charge in [-0.3, -0.25) is 4.79 Å². The highest BCUT2D eigenvalue weighted by atomic mass is 16.1. The van der Waals surface area contributed by atoms with Crippen molar-refractivity contribution in [2.45, 2.75) is 45.6 Å². The fourth-order valence-corrected chi connectivity index (χ4v) is 3.60. The highest BCUT2D eigenvalue weighted by molar-refractivity contribution is 6.02. The van der Waals surface area contributed by atoms with Gasteiger partial charge in [0.15, 0.2) is 5.82 Å². The second-order valence-electron chi connectivity index (χ2n) is 8.35. The molecule has 9 heteroatoms. The molecule has 4 heterocycles. The first kappa shape index (κ1) is 20.0. The molecule has 1 aliphatic rings. The number of nitrogens with one attached hydrogen (secondary N) is 1. The van der Waals surface area contributed by atoms with E-state index < -0.39 is 0 Å². The Bertz CT molecular complexity index is 1280. The summed E-state index contributed by atoms with van der Waals surface area (Å²) in [6.07, 6.45) is 7.93. The Morgan fingerprint density at radius 3 is 2.78 bits per heavy atom. The van der Waals surface area contributed by atoms with Gasteiger partial charge in [-0.05, 0) is 51.8 Å². The first-order valence-corrected chi connectivity index (χ1v) is 10.7. The summed E-state index contributed by atoms with van der Waals surface area (Å²) in [6, 6.07) is 9.26. The Hall–Kier alpha value is -3.88. The van der Waals surface area contributed by atoms with Gasteiger partial charge < -0.3 is 14.5 Å². The van der Waals surface area contributed by atoms with Gasteiger partial charge >= 0.3 is 0 Å². The molecule has 0 atom stereocenters.